The van der Waals surface area contributed by atoms with Gasteiger partial charge >= 0.3 is 0 Å². The van der Waals surface area contributed by atoms with E-state index in [2.05, 4.69) is 9.98 Å². The van der Waals surface area contributed by atoms with E-state index in [-0.39, 0.29) is 12.5 Å². The summed E-state index contributed by atoms with van der Waals surface area (Å²) in [6, 6.07) is 8.06. The lowest BCUT2D eigenvalue weighted by molar-refractivity contribution is 0.108. The molecule has 1 aromatic rings. The lowest BCUT2D eigenvalue weighted by atomic mass is 10.1. The summed E-state index contributed by atoms with van der Waals surface area (Å²) in [5.74, 6) is 0. The summed E-state index contributed by atoms with van der Waals surface area (Å²) in [6.45, 7) is 1.20. The third-order valence-electron chi connectivity index (χ3n) is 2.65. The molecule has 3 rings (SSSR count). The molecule has 16 heavy (non-hydrogen) atoms. The van der Waals surface area contributed by atoms with Crippen molar-refractivity contribution in [3.05, 3.63) is 35.4 Å². The summed E-state index contributed by atoms with van der Waals surface area (Å²) in [7, 11) is 0. The minimum atomic E-state index is -0.137. The van der Waals surface area contributed by atoms with E-state index >= 15 is 0 Å². The normalized spacial score (nSPS) is 27.8. The first-order chi connectivity index (χ1) is 7.93. The third-order valence-corrected chi connectivity index (χ3v) is 2.65. The Hall–Kier alpha value is -1.52. The van der Waals surface area contributed by atoms with Crippen LogP contribution in [-0.4, -0.2) is 25.6 Å². The van der Waals surface area contributed by atoms with E-state index in [0.717, 1.165) is 11.1 Å². The summed E-state index contributed by atoms with van der Waals surface area (Å²) in [4.78, 5) is 8.45. The molecule has 0 fully saturated rings. The minimum Gasteiger partial charge on any atom is -0.347 e. The summed E-state index contributed by atoms with van der Waals surface area (Å²) in [5.41, 5.74) is 2.14. The zero-order valence-corrected chi connectivity index (χ0v) is 8.74. The average molecular weight is 216 g/mol. The molecule has 0 aliphatic carbocycles. The van der Waals surface area contributed by atoms with E-state index in [1.54, 1.807) is 12.4 Å². The predicted octanol–water partition coefficient (Wildman–Crippen LogP) is 1.89. The topological polar surface area (TPSA) is 43.2 Å². The maximum Gasteiger partial charge on any atom is 0.174 e. The van der Waals surface area contributed by atoms with Gasteiger partial charge in [-0.05, 0) is 0 Å². The maximum absolute atomic E-state index is 5.42. The largest absolute Gasteiger partial charge is 0.347 e. The number of rotatable bonds is 2. The number of ether oxygens (including phenoxy) is 2. The van der Waals surface area contributed by atoms with Crippen molar-refractivity contribution in [3.63, 3.8) is 0 Å². The molecule has 0 radical (unpaired) electrons. The van der Waals surface area contributed by atoms with Gasteiger partial charge in [0.25, 0.3) is 0 Å². The Morgan fingerprint density at radius 2 is 1.25 bits per heavy atom. The Kier molecular flexibility index (Phi) is 2.52. The van der Waals surface area contributed by atoms with E-state index in [9.17, 15) is 0 Å². The van der Waals surface area contributed by atoms with Gasteiger partial charge in [-0.15, -0.1) is 0 Å². The SMILES string of the molecule is C1=NC(c2ccc(C3N=CCO3)cc2)OC1. The smallest absolute Gasteiger partial charge is 0.174 e. The van der Waals surface area contributed by atoms with E-state index < -0.39 is 0 Å². The molecule has 0 saturated heterocycles. The first-order valence-corrected chi connectivity index (χ1v) is 5.30. The van der Waals surface area contributed by atoms with Crippen molar-refractivity contribution in [2.45, 2.75) is 12.5 Å². The van der Waals surface area contributed by atoms with Crippen molar-refractivity contribution in [3.8, 4) is 0 Å². The van der Waals surface area contributed by atoms with Crippen LogP contribution in [0.1, 0.15) is 23.6 Å². The van der Waals surface area contributed by atoms with Crippen LogP contribution in [0.25, 0.3) is 0 Å². The molecule has 0 saturated carbocycles. The highest BCUT2D eigenvalue weighted by Crippen LogP contribution is 2.26. The summed E-state index contributed by atoms with van der Waals surface area (Å²) < 4.78 is 10.8. The standard InChI is InChI=1S/C12H12N2O2/c1-2-10(12-14-6-8-16-12)4-3-9(1)11-13-5-7-15-11/h1-6,11-12H,7-8H2. The number of hydrogen-bond acceptors (Lipinski definition) is 4. The highest BCUT2D eigenvalue weighted by Gasteiger charge is 2.16. The zero-order valence-electron chi connectivity index (χ0n) is 8.74. The maximum atomic E-state index is 5.42. The summed E-state index contributed by atoms with van der Waals surface area (Å²) in [5, 5.41) is 0. The van der Waals surface area contributed by atoms with Crippen LogP contribution in [0.2, 0.25) is 0 Å². The highest BCUT2D eigenvalue weighted by atomic mass is 16.5. The Labute approximate surface area is 93.6 Å². The monoisotopic (exact) mass is 216 g/mol. The second-order valence-corrected chi connectivity index (χ2v) is 3.70. The molecule has 0 N–H and O–H groups in total. The predicted molar refractivity (Wildman–Crippen MR) is 60.8 cm³/mol. The fourth-order valence-electron chi connectivity index (χ4n) is 1.82. The van der Waals surface area contributed by atoms with Gasteiger partial charge in [-0.1, -0.05) is 24.3 Å². The summed E-state index contributed by atoms with van der Waals surface area (Å²) >= 11 is 0. The number of hydrogen-bond donors (Lipinski definition) is 0. The third kappa shape index (κ3) is 1.77. The van der Waals surface area contributed by atoms with Crippen LogP contribution < -0.4 is 0 Å². The molecule has 4 heteroatoms. The molecular weight excluding hydrogens is 204 g/mol. The van der Waals surface area contributed by atoms with Gasteiger partial charge in [0.2, 0.25) is 0 Å². The molecule has 82 valence electrons. The molecule has 0 bridgehead atoms. The molecule has 0 amide bonds. The number of aliphatic imine (C=N–C) groups is 2. The molecule has 0 spiro atoms. The quantitative estimate of drug-likeness (QED) is 0.757. The molecule has 2 atom stereocenters. The molecule has 2 heterocycles. The van der Waals surface area contributed by atoms with Gasteiger partial charge in [0.05, 0.1) is 13.2 Å². The molecular formula is C12H12N2O2. The van der Waals surface area contributed by atoms with Crippen molar-refractivity contribution in [1.29, 1.82) is 0 Å². The van der Waals surface area contributed by atoms with E-state index in [1.807, 2.05) is 24.3 Å². The minimum absolute atomic E-state index is 0.137. The molecule has 2 aliphatic rings. The van der Waals surface area contributed by atoms with Gasteiger partial charge < -0.3 is 9.47 Å². The van der Waals surface area contributed by atoms with Crippen LogP contribution in [0.4, 0.5) is 0 Å². The van der Waals surface area contributed by atoms with Crippen LogP contribution >= 0.6 is 0 Å². The fraction of sp³-hybridized carbons (Fsp3) is 0.333. The first kappa shape index (κ1) is 9.69. The van der Waals surface area contributed by atoms with Gasteiger partial charge in [-0.2, -0.15) is 0 Å². The Morgan fingerprint density at radius 1 is 0.812 bits per heavy atom. The average Bonchev–Trinajstić information content (AvgIpc) is 3.03. The van der Waals surface area contributed by atoms with Crippen molar-refractivity contribution in [1.82, 2.24) is 0 Å². The second-order valence-electron chi connectivity index (χ2n) is 3.70. The Morgan fingerprint density at radius 3 is 1.56 bits per heavy atom. The molecule has 1 aromatic carbocycles. The van der Waals surface area contributed by atoms with Crippen LogP contribution in [0.5, 0.6) is 0 Å². The van der Waals surface area contributed by atoms with Crippen molar-refractivity contribution in [2.24, 2.45) is 9.98 Å². The van der Waals surface area contributed by atoms with Gasteiger partial charge in [-0.25, -0.2) is 0 Å². The van der Waals surface area contributed by atoms with E-state index in [0.29, 0.717) is 13.2 Å². The highest BCUT2D eigenvalue weighted by molar-refractivity contribution is 5.61. The van der Waals surface area contributed by atoms with Gasteiger partial charge in [0.15, 0.2) is 12.5 Å². The van der Waals surface area contributed by atoms with Crippen LogP contribution in [0, 0.1) is 0 Å². The molecule has 4 nitrogen and oxygen atoms in total. The second kappa shape index (κ2) is 4.15. The molecule has 2 unspecified atom stereocenters. The van der Waals surface area contributed by atoms with Gasteiger partial charge in [0.1, 0.15) is 0 Å². The van der Waals surface area contributed by atoms with Crippen molar-refractivity contribution >= 4 is 12.4 Å². The van der Waals surface area contributed by atoms with Gasteiger partial charge in [0, 0.05) is 23.6 Å². The Balaban J connectivity index is 1.79. The van der Waals surface area contributed by atoms with Crippen LogP contribution in [0.3, 0.4) is 0 Å². The zero-order chi connectivity index (χ0) is 10.8. The van der Waals surface area contributed by atoms with Crippen LogP contribution in [0.15, 0.2) is 34.3 Å². The van der Waals surface area contributed by atoms with Crippen molar-refractivity contribution in [2.75, 3.05) is 13.2 Å². The van der Waals surface area contributed by atoms with Crippen molar-refractivity contribution < 1.29 is 9.47 Å². The lowest BCUT2D eigenvalue weighted by Crippen LogP contribution is -1.98. The fourth-order valence-corrected chi connectivity index (χ4v) is 1.82. The first-order valence-electron chi connectivity index (χ1n) is 5.30. The summed E-state index contributed by atoms with van der Waals surface area (Å²) in [6.07, 6.45) is 3.32. The lowest BCUT2D eigenvalue weighted by Gasteiger charge is -2.11. The number of benzene rings is 1. The Bertz CT molecular complexity index is 384. The van der Waals surface area contributed by atoms with Crippen LogP contribution in [-0.2, 0) is 9.47 Å². The molecule has 0 aromatic heterocycles. The number of nitrogens with zero attached hydrogens (tertiary/aromatic N) is 2. The van der Waals surface area contributed by atoms with Gasteiger partial charge in [-0.3, -0.25) is 9.98 Å². The van der Waals surface area contributed by atoms with E-state index in [4.69, 9.17) is 9.47 Å². The molecule has 2 aliphatic heterocycles. The van der Waals surface area contributed by atoms with E-state index in [1.165, 1.54) is 0 Å².